The lowest BCUT2D eigenvalue weighted by atomic mass is 10.1. The summed E-state index contributed by atoms with van der Waals surface area (Å²) in [5, 5.41) is 3.35. The zero-order valence-corrected chi connectivity index (χ0v) is 12.6. The van der Waals surface area contributed by atoms with E-state index in [0.717, 1.165) is 48.6 Å². The van der Waals surface area contributed by atoms with Crippen molar-refractivity contribution in [2.75, 3.05) is 6.54 Å². The van der Waals surface area contributed by atoms with E-state index >= 15 is 0 Å². The predicted molar refractivity (Wildman–Crippen MR) is 85.4 cm³/mol. The van der Waals surface area contributed by atoms with Gasteiger partial charge < -0.3 is 14.5 Å². The second-order valence-electron chi connectivity index (χ2n) is 4.99. The Morgan fingerprint density at radius 2 is 2.19 bits per heavy atom. The SMILES string of the molecule is C=CCc1ccccc1OCc1cc(CNCCC)co1. The molecule has 0 atom stereocenters. The van der Waals surface area contributed by atoms with Crippen LogP contribution in [0.4, 0.5) is 0 Å². The van der Waals surface area contributed by atoms with Crippen molar-refractivity contribution in [3.05, 3.63) is 66.1 Å². The van der Waals surface area contributed by atoms with Crippen molar-refractivity contribution in [3.63, 3.8) is 0 Å². The number of furan rings is 1. The third-order valence-corrected chi connectivity index (χ3v) is 3.17. The number of para-hydroxylation sites is 1. The van der Waals surface area contributed by atoms with E-state index in [9.17, 15) is 0 Å². The Labute approximate surface area is 126 Å². The largest absolute Gasteiger partial charge is 0.485 e. The molecular formula is C18H23NO2. The summed E-state index contributed by atoms with van der Waals surface area (Å²) in [4.78, 5) is 0. The average Bonchev–Trinajstić information content (AvgIpc) is 2.95. The van der Waals surface area contributed by atoms with E-state index in [2.05, 4.69) is 24.9 Å². The molecule has 0 amide bonds. The second-order valence-corrected chi connectivity index (χ2v) is 4.99. The number of benzene rings is 1. The van der Waals surface area contributed by atoms with Gasteiger partial charge in [-0.3, -0.25) is 0 Å². The van der Waals surface area contributed by atoms with E-state index in [1.54, 1.807) is 6.26 Å². The molecule has 1 N–H and O–H groups in total. The normalized spacial score (nSPS) is 10.5. The number of allylic oxidation sites excluding steroid dienone is 1. The molecule has 0 fully saturated rings. The number of ether oxygens (including phenoxy) is 1. The quantitative estimate of drug-likeness (QED) is 0.556. The predicted octanol–water partition coefficient (Wildman–Crippen LogP) is 4.09. The standard InChI is InChI=1S/C18H23NO2/c1-3-7-16-8-5-6-9-18(16)21-14-17-11-15(13-20-17)12-19-10-4-2/h3,5-6,8-9,11,13,19H,1,4,7,10,12,14H2,2H3. The molecule has 0 saturated heterocycles. The molecule has 2 aromatic rings. The second kappa shape index (κ2) is 8.32. The van der Waals surface area contributed by atoms with Gasteiger partial charge >= 0.3 is 0 Å². The molecular weight excluding hydrogens is 262 g/mol. The maximum absolute atomic E-state index is 5.85. The highest BCUT2D eigenvalue weighted by Gasteiger charge is 2.05. The van der Waals surface area contributed by atoms with Gasteiger partial charge in [-0.15, -0.1) is 6.58 Å². The topological polar surface area (TPSA) is 34.4 Å². The highest BCUT2D eigenvalue weighted by molar-refractivity contribution is 5.34. The molecule has 3 nitrogen and oxygen atoms in total. The van der Waals surface area contributed by atoms with Crippen molar-refractivity contribution in [3.8, 4) is 5.75 Å². The molecule has 1 aromatic carbocycles. The maximum atomic E-state index is 5.85. The summed E-state index contributed by atoms with van der Waals surface area (Å²) in [6.45, 7) is 8.23. The first-order valence-electron chi connectivity index (χ1n) is 7.42. The van der Waals surface area contributed by atoms with Gasteiger partial charge in [-0.25, -0.2) is 0 Å². The monoisotopic (exact) mass is 285 g/mol. The van der Waals surface area contributed by atoms with Crippen LogP contribution in [0.1, 0.15) is 30.2 Å². The summed E-state index contributed by atoms with van der Waals surface area (Å²) in [6, 6.07) is 10.1. The minimum Gasteiger partial charge on any atom is -0.485 e. The van der Waals surface area contributed by atoms with Crippen LogP contribution in [-0.2, 0) is 19.6 Å². The Morgan fingerprint density at radius 3 is 3.00 bits per heavy atom. The van der Waals surface area contributed by atoms with Crippen molar-refractivity contribution in [2.24, 2.45) is 0 Å². The van der Waals surface area contributed by atoms with Crippen LogP contribution in [0.15, 0.2) is 53.7 Å². The van der Waals surface area contributed by atoms with E-state index in [0.29, 0.717) is 6.61 Å². The average molecular weight is 285 g/mol. The highest BCUT2D eigenvalue weighted by atomic mass is 16.5. The van der Waals surface area contributed by atoms with Gasteiger partial charge in [0.05, 0.1) is 6.26 Å². The molecule has 0 saturated carbocycles. The van der Waals surface area contributed by atoms with Gasteiger partial charge in [0.25, 0.3) is 0 Å². The van der Waals surface area contributed by atoms with E-state index in [1.165, 1.54) is 0 Å². The summed E-state index contributed by atoms with van der Waals surface area (Å²) in [6.07, 6.45) is 5.61. The number of hydrogen-bond acceptors (Lipinski definition) is 3. The molecule has 0 unspecified atom stereocenters. The minimum absolute atomic E-state index is 0.446. The van der Waals surface area contributed by atoms with Crippen molar-refractivity contribution >= 4 is 0 Å². The van der Waals surface area contributed by atoms with Crippen molar-refractivity contribution in [2.45, 2.75) is 32.9 Å². The number of rotatable bonds is 9. The Morgan fingerprint density at radius 1 is 1.33 bits per heavy atom. The molecule has 0 spiro atoms. The minimum atomic E-state index is 0.446. The third-order valence-electron chi connectivity index (χ3n) is 3.17. The van der Waals surface area contributed by atoms with Gasteiger partial charge in [-0.1, -0.05) is 31.2 Å². The first kappa shape index (κ1) is 15.4. The zero-order chi connectivity index (χ0) is 14.9. The fraction of sp³-hybridized carbons (Fsp3) is 0.333. The van der Waals surface area contributed by atoms with E-state index < -0.39 is 0 Å². The van der Waals surface area contributed by atoms with Crippen LogP contribution >= 0.6 is 0 Å². The lowest BCUT2D eigenvalue weighted by Gasteiger charge is -2.08. The molecule has 3 heteroatoms. The lowest BCUT2D eigenvalue weighted by molar-refractivity contribution is 0.268. The Balaban J connectivity index is 1.89. The summed E-state index contributed by atoms with van der Waals surface area (Å²) in [7, 11) is 0. The maximum Gasteiger partial charge on any atom is 0.146 e. The molecule has 1 aromatic heterocycles. The first-order chi connectivity index (χ1) is 10.3. The van der Waals surface area contributed by atoms with Crippen LogP contribution in [0.5, 0.6) is 5.75 Å². The lowest BCUT2D eigenvalue weighted by Crippen LogP contribution is -2.13. The summed E-state index contributed by atoms with van der Waals surface area (Å²) >= 11 is 0. The van der Waals surface area contributed by atoms with E-state index in [-0.39, 0.29) is 0 Å². The molecule has 0 aliphatic heterocycles. The van der Waals surface area contributed by atoms with Gasteiger partial charge in [0.15, 0.2) is 0 Å². The molecule has 0 aliphatic carbocycles. The van der Waals surface area contributed by atoms with E-state index in [4.69, 9.17) is 9.15 Å². The van der Waals surface area contributed by atoms with Gasteiger partial charge in [0, 0.05) is 12.1 Å². The summed E-state index contributed by atoms with van der Waals surface area (Å²) in [5.74, 6) is 1.73. The summed E-state index contributed by atoms with van der Waals surface area (Å²) < 4.78 is 11.4. The van der Waals surface area contributed by atoms with Gasteiger partial charge in [-0.05, 0) is 37.1 Å². The molecule has 0 aliphatic rings. The molecule has 1 heterocycles. The Bertz CT molecular complexity index is 560. The van der Waals surface area contributed by atoms with Crippen LogP contribution in [0, 0.1) is 0 Å². The van der Waals surface area contributed by atoms with Gasteiger partial charge in [0.1, 0.15) is 18.1 Å². The number of nitrogens with one attached hydrogen (secondary N) is 1. The summed E-state index contributed by atoms with van der Waals surface area (Å²) in [5.41, 5.74) is 2.30. The fourth-order valence-electron chi connectivity index (χ4n) is 2.12. The zero-order valence-electron chi connectivity index (χ0n) is 12.6. The van der Waals surface area contributed by atoms with Crippen molar-refractivity contribution in [1.29, 1.82) is 0 Å². The number of hydrogen-bond donors (Lipinski definition) is 1. The third kappa shape index (κ3) is 4.80. The highest BCUT2D eigenvalue weighted by Crippen LogP contribution is 2.20. The van der Waals surface area contributed by atoms with Crippen LogP contribution in [0.25, 0.3) is 0 Å². The van der Waals surface area contributed by atoms with Crippen LogP contribution < -0.4 is 10.1 Å². The van der Waals surface area contributed by atoms with Crippen molar-refractivity contribution in [1.82, 2.24) is 5.32 Å². The Kier molecular flexibility index (Phi) is 6.10. The van der Waals surface area contributed by atoms with E-state index in [1.807, 2.05) is 30.3 Å². The van der Waals surface area contributed by atoms with Gasteiger partial charge in [0.2, 0.25) is 0 Å². The van der Waals surface area contributed by atoms with Crippen LogP contribution in [-0.4, -0.2) is 6.54 Å². The smallest absolute Gasteiger partial charge is 0.146 e. The molecule has 0 bridgehead atoms. The van der Waals surface area contributed by atoms with Crippen LogP contribution in [0.2, 0.25) is 0 Å². The Hall–Kier alpha value is -2.00. The van der Waals surface area contributed by atoms with Crippen LogP contribution in [0.3, 0.4) is 0 Å². The fourth-order valence-corrected chi connectivity index (χ4v) is 2.12. The van der Waals surface area contributed by atoms with Crippen molar-refractivity contribution < 1.29 is 9.15 Å². The first-order valence-corrected chi connectivity index (χ1v) is 7.42. The molecule has 2 rings (SSSR count). The van der Waals surface area contributed by atoms with Gasteiger partial charge in [-0.2, -0.15) is 0 Å². The molecule has 112 valence electrons. The molecule has 0 radical (unpaired) electrons. The molecule has 21 heavy (non-hydrogen) atoms.